The van der Waals surface area contributed by atoms with Gasteiger partial charge in [-0.2, -0.15) is 0 Å². The number of benzene rings is 3. The van der Waals surface area contributed by atoms with E-state index in [1.54, 1.807) is 25.3 Å². The molecule has 1 N–H and O–H groups in total. The number of hydrogen-bond acceptors (Lipinski definition) is 5. The third kappa shape index (κ3) is 5.97. The number of pyridine rings is 1. The number of carbonyl (C=O) groups is 1. The summed E-state index contributed by atoms with van der Waals surface area (Å²) in [6, 6.07) is 19.7. The molecule has 0 fully saturated rings. The number of aromatic nitrogens is 1. The smallest absolute Gasteiger partial charge is 0.229 e. The van der Waals surface area contributed by atoms with Gasteiger partial charge in [0.25, 0.3) is 0 Å². The van der Waals surface area contributed by atoms with Gasteiger partial charge in [0.1, 0.15) is 17.3 Å². The largest absolute Gasteiger partial charge is 0.497 e. The molecule has 198 valence electrons. The molecule has 1 heterocycles. The number of amides is 1. The van der Waals surface area contributed by atoms with Gasteiger partial charge in [0, 0.05) is 18.0 Å². The number of anilines is 1. The van der Waals surface area contributed by atoms with Crippen LogP contribution in [0.1, 0.15) is 43.9 Å². The number of methoxy groups -OCH3 is 2. The summed E-state index contributed by atoms with van der Waals surface area (Å²) in [6.07, 6.45) is 2.10. The van der Waals surface area contributed by atoms with Crippen molar-refractivity contribution in [3.05, 3.63) is 83.6 Å². The first-order valence-corrected chi connectivity index (χ1v) is 12.7. The molecule has 0 radical (unpaired) electrons. The number of nitrogens with zero attached hydrogens (tertiary/aromatic N) is 2. The van der Waals surface area contributed by atoms with Crippen LogP contribution in [0.3, 0.4) is 0 Å². The van der Waals surface area contributed by atoms with Gasteiger partial charge in [-0.25, -0.2) is 4.98 Å². The lowest BCUT2D eigenvalue weighted by Crippen LogP contribution is -2.34. The topological polar surface area (TPSA) is 71.9 Å². The van der Waals surface area contributed by atoms with Gasteiger partial charge < -0.3 is 14.6 Å². The van der Waals surface area contributed by atoms with Crippen LogP contribution in [0.2, 0.25) is 0 Å². The molecule has 0 bridgehead atoms. The van der Waals surface area contributed by atoms with Crippen molar-refractivity contribution in [2.45, 2.75) is 47.3 Å². The summed E-state index contributed by atoms with van der Waals surface area (Å²) in [4.78, 5) is 20.1. The Balaban J connectivity index is 1.75. The molecule has 0 unspecified atom stereocenters. The second-order valence-corrected chi connectivity index (χ2v) is 10.8. The zero-order valence-electron chi connectivity index (χ0n) is 23.0. The van der Waals surface area contributed by atoms with Crippen LogP contribution in [0, 0.1) is 12.3 Å². The molecular weight excluding hydrogens is 476 g/mol. The van der Waals surface area contributed by atoms with Crippen LogP contribution < -0.4 is 14.4 Å². The molecule has 1 aromatic heterocycles. The number of aliphatic hydroxyl groups excluding tert-OH is 1. The highest BCUT2D eigenvalue weighted by atomic mass is 16.5. The first kappa shape index (κ1) is 27.1. The van der Waals surface area contributed by atoms with E-state index in [1.165, 1.54) is 0 Å². The van der Waals surface area contributed by atoms with Gasteiger partial charge in [0.15, 0.2) is 0 Å². The molecule has 0 saturated heterocycles. The van der Waals surface area contributed by atoms with E-state index in [0.29, 0.717) is 18.8 Å². The number of aryl methyl sites for hydroxylation is 1. The lowest BCUT2D eigenvalue weighted by atomic mass is 9.91. The standard InChI is InChI=1S/C32H36N2O4/c1-21-15-23(8-12-29(21)38-6)27-10-7-22(16-25(27)20-35)19-34(30(36)18-32(2,3)4)31-28-11-9-26(37-5)17-24(28)13-14-33-31/h7-17,35H,18-20H2,1-6H3. The molecule has 0 aliphatic carbocycles. The molecule has 6 nitrogen and oxygen atoms in total. The van der Waals surface area contributed by atoms with Crippen LogP contribution in [0.15, 0.2) is 66.9 Å². The summed E-state index contributed by atoms with van der Waals surface area (Å²) >= 11 is 0. The average Bonchev–Trinajstić information content (AvgIpc) is 2.89. The molecule has 0 saturated carbocycles. The third-order valence-electron chi connectivity index (χ3n) is 6.58. The minimum atomic E-state index is -0.185. The highest BCUT2D eigenvalue weighted by Crippen LogP contribution is 2.33. The molecule has 4 rings (SSSR count). The Morgan fingerprint density at radius 3 is 2.42 bits per heavy atom. The summed E-state index contributed by atoms with van der Waals surface area (Å²) in [5, 5.41) is 12.1. The predicted molar refractivity (Wildman–Crippen MR) is 153 cm³/mol. The minimum Gasteiger partial charge on any atom is -0.497 e. The van der Waals surface area contributed by atoms with Crippen molar-refractivity contribution < 1.29 is 19.4 Å². The number of ether oxygens (including phenoxy) is 2. The van der Waals surface area contributed by atoms with E-state index in [1.807, 2.05) is 61.5 Å². The van der Waals surface area contributed by atoms with Gasteiger partial charge >= 0.3 is 0 Å². The van der Waals surface area contributed by atoms with E-state index >= 15 is 0 Å². The fourth-order valence-corrected chi connectivity index (χ4v) is 4.70. The summed E-state index contributed by atoms with van der Waals surface area (Å²) in [6.45, 7) is 8.39. The van der Waals surface area contributed by atoms with Crippen LogP contribution in [0.4, 0.5) is 5.82 Å². The zero-order chi connectivity index (χ0) is 27.4. The van der Waals surface area contributed by atoms with Gasteiger partial charge in [-0.3, -0.25) is 9.69 Å². The van der Waals surface area contributed by atoms with E-state index in [4.69, 9.17) is 9.47 Å². The van der Waals surface area contributed by atoms with Crippen molar-refractivity contribution >= 4 is 22.5 Å². The number of rotatable bonds is 8. The van der Waals surface area contributed by atoms with Gasteiger partial charge in [0.05, 0.1) is 27.4 Å². The summed E-state index contributed by atoms with van der Waals surface area (Å²) < 4.78 is 10.8. The van der Waals surface area contributed by atoms with Crippen molar-refractivity contribution in [1.82, 2.24) is 4.98 Å². The lowest BCUT2D eigenvalue weighted by molar-refractivity contribution is -0.120. The van der Waals surface area contributed by atoms with Crippen LogP contribution in [0.5, 0.6) is 11.5 Å². The highest BCUT2D eigenvalue weighted by molar-refractivity contribution is 6.02. The zero-order valence-corrected chi connectivity index (χ0v) is 23.0. The van der Waals surface area contributed by atoms with E-state index in [-0.39, 0.29) is 17.9 Å². The number of aliphatic hydroxyl groups is 1. The first-order valence-electron chi connectivity index (χ1n) is 12.7. The van der Waals surface area contributed by atoms with Crippen LogP contribution in [0.25, 0.3) is 21.9 Å². The van der Waals surface area contributed by atoms with Crippen molar-refractivity contribution in [1.29, 1.82) is 0 Å². The molecule has 0 aliphatic heterocycles. The molecule has 3 aromatic carbocycles. The molecule has 0 aliphatic rings. The van der Waals surface area contributed by atoms with Gasteiger partial charge in [-0.15, -0.1) is 0 Å². The van der Waals surface area contributed by atoms with Crippen LogP contribution in [-0.4, -0.2) is 30.2 Å². The molecule has 1 amide bonds. The van der Waals surface area contributed by atoms with Crippen LogP contribution >= 0.6 is 0 Å². The number of hydrogen-bond donors (Lipinski definition) is 1. The molecule has 0 spiro atoms. The quantitative estimate of drug-likeness (QED) is 0.285. The lowest BCUT2D eigenvalue weighted by Gasteiger charge is -2.27. The monoisotopic (exact) mass is 512 g/mol. The predicted octanol–water partition coefficient (Wildman–Crippen LogP) is 6.69. The Bertz CT molecular complexity index is 1460. The second-order valence-electron chi connectivity index (χ2n) is 10.8. The Morgan fingerprint density at radius 1 is 0.974 bits per heavy atom. The summed E-state index contributed by atoms with van der Waals surface area (Å²) in [5.74, 6) is 2.18. The number of fused-ring (bicyclic) bond motifs is 1. The van der Waals surface area contributed by atoms with Gasteiger partial charge in [-0.05, 0) is 81.9 Å². The Hall–Kier alpha value is -3.90. The van der Waals surface area contributed by atoms with Crippen molar-refractivity contribution in [3.8, 4) is 22.6 Å². The molecule has 4 aromatic rings. The molecule has 0 atom stereocenters. The first-order chi connectivity index (χ1) is 18.1. The Labute approximate surface area is 224 Å². The molecular formula is C32H36N2O4. The Morgan fingerprint density at radius 2 is 1.76 bits per heavy atom. The number of carbonyl (C=O) groups excluding carboxylic acids is 1. The summed E-state index contributed by atoms with van der Waals surface area (Å²) in [7, 11) is 3.29. The van der Waals surface area contributed by atoms with Gasteiger partial charge in [0.2, 0.25) is 5.91 Å². The SMILES string of the molecule is COc1ccc2c(N(Cc3ccc(-c4ccc(OC)c(C)c4)c(CO)c3)C(=O)CC(C)(C)C)nccc2c1. The van der Waals surface area contributed by atoms with Crippen molar-refractivity contribution in [2.75, 3.05) is 19.1 Å². The fraction of sp³-hybridized carbons (Fsp3) is 0.312. The second kappa shape index (κ2) is 11.2. The molecule has 38 heavy (non-hydrogen) atoms. The van der Waals surface area contributed by atoms with E-state index in [0.717, 1.165) is 50.1 Å². The van der Waals surface area contributed by atoms with Crippen molar-refractivity contribution in [2.24, 2.45) is 5.41 Å². The minimum absolute atomic E-state index is 0.00581. The third-order valence-corrected chi connectivity index (χ3v) is 6.58. The van der Waals surface area contributed by atoms with Crippen molar-refractivity contribution in [3.63, 3.8) is 0 Å². The van der Waals surface area contributed by atoms with Crippen LogP contribution in [-0.2, 0) is 17.9 Å². The van der Waals surface area contributed by atoms with Gasteiger partial charge in [-0.1, -0.05) is 45.0 Å². The normalized spacial score (nSPS) is 11.4. The van der Waals surface area contributed by atoms with E-state index < -0.39 is 0 Å². The maximum Gasteiger partial charge on any atom is 0.229 e. The average molecular weight is 513 g/mol. The maximum absolute atomic E-state index is 13.7. The Kier molecular flexibility index (Phi) is 8.02. The highest BCUT2D eigenvalue weighted by Gasteiger charge is 2.25. The van der Waals surface area contributed by atoms with E-state index in [2.05, 4.69) is 31.8 Å². The van der Waals surface area contributed by atoms with E-state index in [9.17, 15) is 9.90 Å². The fourth-order valence-electron chi connectivity index (χ4n) is 4.70. The summed E-state index contributed by atoms with van der Waals surface area (Å²) in [5.41, 5.74) is 4.50. The maximum atomic E-state index is 13.7. The molecule has 6 heteroatoms.